The summed E-state index contributed by atoms with van der Waals surface area (Å²) in [6, 6.07) is 4.39. The Kier molecular flexibility index (Phi) is 3.59. The quantitative estimate of drug-likeness (QED) is 0.898. The molecule has 1 aliphatic heterocycles. The van der Waals surface area contributed by atoms with Crippen molar-refractivity contribution in [2.24, 2.45) is 0 Å². The van der Waals surface area contributed by atoms with Crippen LogP contribution in [-0.2, 0) is 4.74 Å². The molecule has 2 rings (SSSR count). The van der Waals surface area contributed by atoms with Crippen molar-refractivity contribution in [3.05, 3.63) is 22.8 Å². The van der Waals surface area contributed by atoms with Gasteiger partial charge in [0, 0.05) is 18.8 Å². The Hall–Kier alpha value is -0.610. The van der Waals surface area contributed by atoms with E-state index < -0.39 is 0 Å². The van der Waals surface area contributed by atoms with Crippen molar-refractivity contribution < 1.29 is 4.74 Å². The van der Waals surface area contributed by atoms with E-state index >= 15 is 0 Å². The Morgan fingerprint density at radius 3 is 3.20 bits per heavy atom. The van der Waals surface area contributed by atoms with Crippen LogP contribution in [0.4, 0.5) is 5.82 Å². The highest BCUT2D eigenvalue weighted by molar-refractivity contribution is 9.10. The van der Waals surface area contributed by atoms with Crippen LogP contribution in [0, 0.1) is 0 Å². The first-order valence-corrected chi connectivity index (χ1v) is 6.03. The lowest BCUT2D eigenvalue weighted by atomic mass is 10.0. The summed E-state index contributed by atoms with van der Waals surface area (Å²) in [6.07, 6.45) is 4.24. The monoisotopic (exact) mass is 270 g/mol. The SMILES string of the molecule is CC1CC(Nc2ncccc2Br)CCO1. The van der Waals surface area contributed by atoms with E-state index in [1.165, 1.54) is 0 Å². The molecule has 3 nitrogen and oxygen atoms in total. The van der Waals surface area contributed by atoms with Crippen LogP contribution in [-0.4, -0.2) is 23.7 Å². The molecule has 1 aliphatic rings. The van der Waals surface area contributed by atoms with Crippen LogP contribution >= 0.6 is 15.9 Å². The van der Waals surface area contributed by atoms with E-state index in [9.17, 15) is 0 Å². The van der Waals surface area contributed by atoms with Crippen LogP contribution in [0.15, 0.2) is 22.8 Å². The highest BCUT2D eigenvalue weighted by Gasteiger charge is 2.19. The molecule has 0 aromatic carbocycles. The van der Waals surface area contributed by atoms with Gasteiger partial charge in [-0.05, 0) is 47.8 Å². The van der Waals surface area contributed by atoms with Crippen molar-refractivity contribution in [2.45, 2.75) is 31.9 Å². The van der Waals surface area contributed by atoms with Crippen molar-refractivity contribution in [1.82, 2.24) is 4.98 Å². The van der Waals surface area contributed by atoms with Gasteiger partial charge < -0.3 is 10.1 Å². The normalized spacial score (nSPS) is 26.3. The van der Waals surface area contributed by atoms with Crippen molar-refractivity contribution in [1.29, 1.82) is 0 Å². The van der Waals surface area contributed by atoms with Crippen molar-refractivity contribution in [3.63, 3.8) is 0 Å². The summed E-state index contributed by atoms with van der Waals surface area (Å²) in [4.78, 5) is 4.30. The minimum Gasteiger partial charge on any atom is -0.378 e. The number of anilines is 1. The summed E-state index contributed by atoms with van der Waals surface area (Å²) in [6.45, 7) is 2.95. The molecule has 0 aliphatic carbocycles. The highest BCUT2D eigenvalue weighted by Crippen LogP contribution is 2.22. The van der Waals surface area contributed by atoms with Crippen molar-refractivity contribution in [2.75, 3.05) is 11.9 Å². The molecule has 82 valence electrons. The minimum atomic E-state index is 0.346. The molecule has 0 amide bonds. The van der Waals surface area contributed by atoms with E-state index in [1.54, 1.807) is 6.20 Å². The Balaban J connectivity index is 1.99. The van der Waals surface area contributed by atoms with Crippen LogP contribution in [0.2, 0.25) is 0 Å². The molecule has 0 bridgehead atoms. The van der Waals surface area contributed by atoms with Crippen molar-refractivity contribution >= 4 is 21.7 Å². The number of aromatic nitrogens is 1. The first-order valence-electron chi connectivity index (χ1n) is 5.24. The lowest BCUT2D eigenvalue weighted by Gasteiger charge is -2.28. The van der Waals surface area contributed by atoms with Gasteiger partial charge in [0.05, 0.1) is 10.6 Å². The maximum Gasteiger partial charge on any atom is 0.140 e. The third-order valence-corrected chi connectivity index (χ3v) is 3.22. The Morgan fingerprint density at radius 2 is 2.47 bits per heavy atom. The van der Waals surface area contributed by atoms with E-state index in [1.807, 2.05) is 12.1 Å². The van der Waals surface area contributed by atoms with Gasteiger partial charge in [-0.2, -0.15) is 0 Å². The van der Waals surface area contributed by atoms with Gasteiger partial charge in [0.15, 0.2) is 0 Å². The maximum absolute atomic E-state index is 5.50. The second kappa shape index (κ2) is 4.94. The largest absolute Gasteiger partial charge is 0.378 e. The van der Waals surface area contributed by atoms with Gasteiger partial charge in [-0.15, -0.1) is 0 Å². The minimum absolute atomic E-state index is 0.346. The Morgan fingerprint density at radius 1 is 1.60 bits per heavy atom. The second-order valence-corrected chi connectivity index (χ2v) is 4.74. The smallest absolute Gasteiger partial charge is 0.140 e. The molecule has 2 atom stereocenters. The topological polar surface area (TPSA) is 34.2 Å². The average molecular weight is 271 g/mol. The standard InChI is InChI=1S/C11H15BrN2O/c1-8-7-9(4-6-15-8)14-11-10(12)3-2-5-13-11/h2-3,5,8-9H,4,6-7H2,1H3,(H,13,14). The molecule has 1 N–H and O–H groups in total. The third-order valence-electron chi connectivity index (χ3n) is 2.58. The molecular weight excluding hydrogens is 256 g/mol. The van der Waals surface area contributed by atoms with E-state index in [4.69, 9.17) is 4.74 Å². The van der Waals surface area contributed by atoms with Crippen LogP contribution in [0.25, 0.3) is 0 Å². The summed E-state index contributed by atoms with van der Waals surface area (Å²) in [5.74, 6) is 0.927. The second-order valence-electron chi connectivity index (χ2n) is 3.88. The van der Waals surface area contributed by atoms with E-state index in [2.05, 4.69) is 33.2 Å². The number of halogens is 1. The van der Waals surface area contributed by atoms with E-state index in [0.29, 0.717) is 12.1 Å². The van der Waals surface area contributed by atoms with Gasteiger partial charge >= 0.3 is 0 Å². The summed E-state index contributed by atoms with van der Waals surface area (Å²) < 4.78 is 6.52. The first-order chi connectivity index (χ1) is 7.25. The molecule has 0 radical (unpaired) electrons. The molecule has 1 fully saturated rings. The summed E-state index contributed by atoms with van der Waals surface area (Å²) >= 11 is 3.48. The zero-order valence-corrected chi connectivity index (χ0v) is 10.3. The lowest BCUT2D eigenvalue weighted by molar-refractivity contribution is 0.0231. The number of nitrogens with zero attached hydrogens (tertiary/aromatic N) is 1. The predicted octanol–water partition coefficient (Wildman–Crippen LogP) is 2.82. The van der Waals surface area contributed by atoms with Gasteiger partial charge in [-0.25, -0.2) is 4.98 Å². The molecule has 2 unspecified atom stereocenters. The summed E-state index contributed by atoms with van der Waals surface area (Å²) in [5, 5.41) is 3.44. The Bertz CT molecular complexity index is 332. The fourth-order valence-corrected chi connectivity index (χ4v) is 2.18. The van der Waals surface area contributed by atoms with Crippen molar-refractivity contribution in [3.8, 4) is 0 Å². The fourth-order valence-electron chi connectivity index (χ4n) is 1.81. The molecule has 15 heavy (non-hydrogen) atoms. The molecule has 0 saturated carbocycles. The number of rotatable bonds is 2. The molecule has 0 spiro atoms. The van der Waals surface area contributed by atoms with Gasteiger partial charge in [0.25, 0.3) is 0 Å². The third kappa shape index (κ3) is 2.92. The summed E-state index contributed by atoms with van der Waals surface area (Å²) in [7, 11) is 0. The zero-order chi connectivity index (χ0) is 10.7. The average Bonchev–Trinajstić information content (AvgIpc) is 2.22. The van der Waals surface area contributed by atoms with Crippen LogP contribution in [0.1, 0.15) is 19.8 Å². The van der Waals surface area contributed by atoms with Gasteiger partial charge in [0.2, 0.25) is 0 Å². The fraction of sp³-hybridized carbons (Fsp3) is 0.545. The molecule has 1 aromatic rings. The molecular formula is C11H15BrN2O. The van der Waals surface area contributed by atoms with Gasteiger partial charge in [0.1, 0.15) is 5.82 Å². The number of hydrogen-bond donors (Lipinski definition) is 1. The molecule has 1 aromatic heterocycles. The molecule has 2 heterocycles. The first kappa shape index (κ1) is 10.9. The summed E-state index contributed by atoms with van der Waals surface area (Å²) in [5.41, 5.74) is 0. The molecule has 1 saturated heterocycles. The number of nitrogens with one attached hydrogen (secondary N) is 1. The predicted molar refractivity (Wildman–Crippen MR) is 64.0 cm³/mol. The van der Waals surface area contributed by atoms with Crippen LogP contribution < -0.4 is 5.32 Å². The van der Waals surface area contributed by atoms with Gasteiger partial charge in [-0.1, -0.05) is 0 Å². The van der Waals surface area contributed by atoms with Crippen LogP contribution in [0.3, 0.4) is 0 Å². The van der Waals surface area contributed by atoms with E-state index in [0.717, 1.165) is 29.7 Å². The zero-order valence-electron chi connectivity index (χ0n) is 8.74. The maximum atomic E-state index is 5.50. The number of ether oxygens (including phenoxy) is 1. The van der Waals surface area contributed by atoms with E-state index in [-0.39, 0.29) is 0 Å². The highest BCUT2D eigenvalue weighted by atomic mass is 79.9. The van der Waals surface area contributed by atoms with Gasteiger partial charge in [-0.3, -0.25) is 0 Å². The number of pyridine rings is 1. The lowest BCUT2D eigenvalue weighted by Crippen LogP contribution is -2.32. The molecule has 4 heteroatoms. The Labute approximate surface area is 98.4 Å². The van der Waals surface area contributed by atoms with Crippen LogP contribution in [0.5, 0.6) is 0 Å². The number of hydrogen-bond acceptors (Lipinski definition) is 3.